The lowest BCUT2D eigenvalue weighted by Crippen LogP contribution is -2.21. The van der Waals surface area contributed by atoms with Crippen LogP contribution in [0.2, 0.25) is 0 Å². The van der Waals surface area contributed by atoms with Gasteiger partial charge in [-0.3, -0.25) is 9.78 Å². The van der Waals surface area contributed by atoms with Gasteiger partial charge in [0.15, 0.2) is 0 Å². The number of hydrogen-bond donors (Lipinski definition) is 1. The van der Waals surface area contributed by atoms with E-state index in [0.717, 1.165) is 37.7 Å². The second-order valence-corrected chi connectivity index (χ2v) is 6.90. The van der Waals surface area contributed by atoms with E-state index in [-0.39, 0.29) is 11.8 Å². The van der Waals surface area contributed by atoms with Crippen molar-refractivity contribution in [2.75, 3.05) is 0 Å². The molecule has 3 nitrogen and oxygen atoms in total. The molecule has 3 heteroatoms. The molecule has 0 aliphatic heterocycles. The first-order chi connectivity index (χ1) is 13.8. The number of unbranched alkanes of at least 4 members (excludes halogenated alkanes) is 3. The van der Waals surface area contributed by atoms with Gasteiger partial charge in [-0.25, -0.2) is 0 Å². The van der Waals surface area contributed by atoms with E-state index in [0.29, 0.717) is 0 Å². The van der Waals surface area contributed by atoms with Gasteiger partial charge < -0.3 is 5.73 Å². The van der Waals surface area contributed by atoms with E-state index in [1.54, 1.807) is 12.4 Å². The van der Waals surface area contributed by atoms with Crippen molar-refractivity contribution in [1.29, 1.82) is 0 Å². The zero-order chi connectivity index (χ0) is 20.3. The number of carbonyl (C=O) groups excluding carboxylic acids is 1. The van der Waals surface area contributed by atoms with E-state index in [1.807, 2.05) is 12.1 Å². The highest BCUT2D eigenvalue weighted by Crippen LogP contribution is 2.20. The number of hydrogen-bond acceptors (Lipinski definition) is 2. The second kappa shape index (κ2) is 16.7. The monoisotopic (exact) mass is 380 g/mol. The summed E-state index contributed by atoms with van der Waals surface area (Å²) in [4.78, 5) is 15.6. The summed E-state index contributed by atoms with van der Waals surface area (Å²) in [6, 6.07) is 3.72. The van der Waals surface area contributed by atoms with E-state index in [2.05, 4.69) is 60.5 Å². The molecule has 1 rings (SSSR count). The Morgan fingerprint density at radius 1 is 0.893 bits per heavy atom. The first-order valence-corrected chi connectivity index (χ1v) is 10.5. The first-order valence-electron chi connectivity index (χ1n) is 10.5. The quantitative estimate of drug-likeness (QED) is 0.282. The largest absolute Gasteiger partial charge is 0.369 e. The van der Waals surface area contributed by atoms with Crippen LogP contribution in [-0.2, 0) is 4.79 Å². The molecular formula is C25H36N2O. The summed E-state index contributed by atoms with van der Waals surface area (Å²) in [7, 11) is 0. The van der Waals surface area contributed by atoms with Crippen LogP contribution in [0.3, 0.4) is 0 Å². The lowest BCUT2D eigenvalue weighted by molar-refractivity contribution is -0.119. The van der Waals surface area contributed by atoms with Gasteiger partial charge in [0.05, 0.1) is 5.92 Å². The minimum absolute atomic E-state index is 0.242. The number of nitrogens with two attached hydrogens (primary N) is 1. The second-order valence-electron chi connectivity index (χ2n) is 6.90. The topological polar surface area (TPSA) is 56.0 Å². The number of allylic oxidation sites excluding steroid dienone is 8. The molecule has 152 valence electrons. The van der Waals surface area contributed by atoms with Crippen LogP contribution in [0, 0.1) is 0 Å². The van der Waals surface area contributed by atoms with Gasteiger partial charge >= 0.3 is 0 Å². The van der Waals surface area contributed by atoms with Crippen LogP contribution in [0.1, 0.15) is 76.2 Å². The number of rotatable bonds is 15. The molecule has 0 radical (unpaired) electrons. The highest BCUT2D eigenvalue weighted by molar-refractivity contribution is 5.81. The molecule has 1 atom stereocenters. The van der Waals surface area contributed by atoms with Crippen LogP contribution in [0.25, 0.3) is 0 Å². The van der Waals surface area contributed by atoms with Crippen molar-refractivity contribution in [1.82, 2.24) is 4.98 Å². The maximum absolute atomic E-state index is 11.6. The van der Waals surface area contributed by atoms with Crippen LogP contribution >= 0.6 is 0 Å². The molecule has 1 unspecified atom stereocenters. The number of pyridine rings is 1. The molecule has 1 amide bonds. The third-order valence-electron chi connectivity index (χ3n) is 4.53. The van der Waals surface area contributed by atoms with Gasteiger partial charge in [-0.2, -0.15) is 0 Å². The average Bonchev–Trinajstić information content (AvgIpc) is 2.70. The van der Waals surface area contributed by atoms with Gasteiger partial charge in [-0.15, -0.1) is 0 Å². The van der Waals surface area contributed by atoms with Gasteiger partial charge in [0, 0.05) is 12.4 Å². The van der Waals surface area contributed by atoms with Crippen molar-refractivity contribution in [3.63, 3.8) is 0 Å². The molecule has 0 aliphatic rings. The normalized spacial score (nSPS) is 13.3. The summed E-state index contributed by atoms with van der Waals surface area (Å²) >= 11 is 0. The van der Waals surface area contributed by atoms with E-state index < -0.39 is 0 Å². The Balaban J connectivity index is 2.12. The standard InChI is InChI=1S/C25H36N2O/c1-2-3-4-5-6-7-8-9-10-11-12-13-14-15-16-17-18-24(25(26)28)23-19-21-27-22-20-23/h6-7,9-10,12-13,15-16,19-22,24H,2-5,8,11,14,17-18H2,1H3,(H2,26,28)/b7-6-,10-9-,13-12-,16-15-. The smallest absolute Gasteiger partial charge is 0.224 e. The number of aromatic nitrogens is 1. The SMILES string of the molecule is CCCCC/C=C\C/C=C\C/C=C\C/C=C\CCC(C(N)=O)c1ccncc1. The minimum Gasteiger partial charge on any atom is -0.369 e. The summed E-state index contributed by atoms with van der Waals surface area (Å²) in [5.74, 6) is -0.517. The van der Waals surface area contributed by atoms with E-state index in [1.165, 1.54) is 25.7 Å². The Hall–Kier alpha value is -2.42. The highest BCUT2D eigenvalue weighted by Gasteiger charge is 2.16. The van der Waals surface area contributed by atoms with E-state index in [4.69, 9.17) is 5.73 Å². The Morgan fingerprint density at radius 3 is 1.96 bits per heavy atom. The van der Waals surface area contributed by atoms with Gasteiger partial charge in [-0.05, 0) is 62.6 Å². The Morgan fingerprint density at radius 2 is 1.43 bits per heavy atom. The predicted molar refractivity (Wildman–Crippen MR) is 120 cm³/mol. The molecule has 1 heterocycles. The predicted octanol–water partition coefficient (Wildman–Crippen LogP) is 6.41. The lowest BCUT2D eigenvalue weighted by Gasteiger charge is -2.11. The minimum atomic E-state index is -0.276. The third-order valence-corrected chi connectivity index (χ3v) is 4.53. The molecule has 1 aromatic rings. The molecule has 1 aromatic heterocycles. The van der Waals surface area contributed by atoms with Crippen molar-refractivity contribution in [3.05, 3.63) is 78.7 Å². The Kier molecular flexibility index (Phi) is 14.1. The molecular weight excluding hydrogens is 344 g/mol. The molecule has 0 aromatic carbocycles. The fourth-order valence-electron chi connectivity index (χ4n) is 2.89. The van der Waals surface area contributed by atoms with Crippen LogP contribution in [0.5, 0.6) is 0 Å². The van der Waals surface area contributed by atoms with Crippen molar-refractivity contribution in [2.45, 2.75) is 70.6 Å². The molecule has 0 saturated carbocycles. The molecule has 28 heavy (non-hydrogen) atoms. The number of primary amides is 1. The fourth-order valence-corrected chi connectivity index (χ4v) is 2.89. The molecule has 0 fully saturated rings. The van der Waals surface area contributed by atoms with Gasteiger partial charge in [0.25, 0.3) is 0 Å². The first kappa shape index (κ1) is 23.6. The molecule has 0 spiro atoms. The molecule has 0 bridgehead atoms. The fraction of sp³-hybridized carbons (Fsp3) is 0.440. The molecule has 0 saturated heterocycles. The van der Waals surface area contributed by atoms with E-state index in [9.17, 15) is 4.79 Å². The number of amides is 1. The van der Waals surface area contributed by atoms with Crippen LogP contribution in [0.15, 0.2) is 73.1 Å². The average molecular weight is 381 g/mol. The Bertz CT molecular complexity index is 629. The van der Waals surface area contributed by atoms with E-state index >= 15 is 0 Å². The van der Waals surface area contributed by atoms with Gasteiger partial charge in [-0.1, -0.05) is 68.4 Å². The van der Waals surface area contributed by atoms with Crippen molar-refractivity contribution < 1.29 is 4.79 Å². The summed E-state index contributed by atoms with van der Waals surface area (Å²) in [6.45, 7) is 2.24. The molecule has 0 aliphatic carbocycles. The van der Waals surface area contributed by atoms with Crippen LogP contribution in [-0.4, -0.2) is 10.9 Å². The maximum Gasteiger partial charge on any atom is 0.224 e. The van der Waals surface area contributed by atoms with Crippen LogP contribution in [0.4, 0.5) is 0 Å². The number of nitrogens with zero attached hydrogens (tertiary/aromatic N) is 1. The number of carbonyl (C=O) groups is 1. The lowest BCUT2D eigenvalue weighted by atomic mass is 9.94. The van der Waals surface area contributed by atoms with Crippen LogP contribution < -0.4 is 5.73 Å². The summed E-state index contributed by atoms with van der Waals surface area (Å²) in [6.07, 6.45) is 30.6. The van der Waals surface area contributed by atoms with Crippen molar-refractivity contribution in [3.8, 4) is 0 Å². The summed E-state index contributed by atoms with van der Waals surface area (Å²) in [5, 5.41) is 0. The van der Waals surface area contributed by atoms with Gasteiger partial charge in [0.1, 0.15) is 0 Å². The highest BCUT2D eigenvalue weighted by atomic mass is 16.1. The zero-order valence-electron chi connectivity index (χ0n) is 17.3. The summed E-state index contributed by atoms with van der Waals surface area (Å²) in [5.41, 5.74) is 6.47. The van der Waals surface area contributed by atoms with Crippen molar-refractivity contribution >= 4 is 5.91 Å². The Labute approximate surface area is 171 Å². The van der Waals surface area contributed by atoms with Gasteiger partial charge in [0.2, 0.25) is 5.91 Å². The maximum atomic E-state index is 11.6. The summed E-state index contributed by atoms with van der Waals surface area (Å²) < 4.78 is 0. The molecule has 2 N–H and O–H groups in total. The zero-order valence-corrected chi connectivity index (χ0v) is 17.3. The third kappa shape index (κ3) is 12.1. The van der Waals surface area contributed by atoms with Crippen molar-refractivity contribution in [2.24, 2.45) is 5.73 Å².